The fourth-order valence-corrected chi connectivity index (χ4v) is 2.18. The second-order valence-electron chi connectivity index (χ2n) is 3.66. The van der Waals surface area contributed by atoms with Gasteiger partial charge in [-0.05, 0) is 43.1 Å². The highest BCUT2D eigenvalue weighted by Gasteiger charge is 2.09. The second kappa shape index (κ2) is 4.25. The third-order valence-corrected chi connectivity index (χ3v) is 2.94. The van der Waals surface area contributed by atoms with Gasteiger partial charge in [-0.2, -0.15) is 0 Å². The molecular formula is C12H15ClN2. The Balaban J connectivity index is 2.65. The smallest absolute Gasteiger partial charge is 0.0460 e. The first kappa shape index (κ1) is 10.5. The van der Waals surface area contributed by atoms with Crippen LogP contribution in [0, 0.1) is 0 Å². The van der Waals surface area contributed by atoms with E-state index in [1.807, 2.05) is 18.2 Å². The predicted molar refractivity (Wildman–Crippen MR) is 65.4 cm³/mol. The second-order valence-corrected chi connectivity index (χ2v) is 4.10. The van der Waals surface area contributed by atoms with Crippen LogP contribution < -0.4 is 5.73 Å². The maximum atomic E-state index is 6.00. The molecule has 0 saturated carbocycles. The summed E-state index contributed by atoms with van der Waals surface area (Å²) in [6.45, 7) is 2.82. The zero-order chi connectivity index (χ0) is 10.8. The first-order chi connectivity index (χ1) is 7.26. The molecule has 0 amide bonds. The van der Waals surface area contributed by atoms with Gasteiger partial charge in [0.25, 0.3) is 0 Å². The van der Waals surface area contributed by atoms with Crippen molar-refractivity contribution in [3.05, 3.63) is 34.5 Å². The molecule has 0 spiro atoms. The average molecular weight is 223 g/mol. The zero-order valence-corrected chi connectivity index (χ0v) is 9.56. The van der Waals surface area contributed by atoms with Gasteiger partial charge in [-0.1, -0.05) is 18.5 Å². The van der Waals surface area contributed by atoms with Gasteiger partial charge in [0.05, 0.1) is 0 Å². The Kier molecular flexibility index (Phi) is 2.98. The summed E-state index contributed by atoms with van der Waals surface area (Å²) in [6, 6.07) is 5.94. The van der Waals surface area contributed by atoms with E-state index in [9.17, 15) is 0 Å². The monoisotopic (exact) mass is 222 g/mol. The number of nitrogens with one attached hydrogen (secondary N) is 1. The lowest BCUT2D eigenvalue weighted by atomic mass is 10.1. The molecule has 0 aliphatic rings. The number of fused-ring (bicyclic) bond motifs is 1. The lowest BCUT2D eigenvalue weighted by Crippen LogP contribution is -2.04. The Morgan fingerprint density at radius 2 is 2.20 bits per heavy atom. The number of nitrogens with two attached hydrogens (primary N) is 1. The van der Waals surface area contributed by atoms with Crippen molar-refractivity contribution in [3.8, 4) is 0 Å². The molecule has 0 radical (unpaired) electrons. The van der Waals surface area contributed by atoms with Crippen LogP contribution in [-0.2, 0) is 12.8 Å². The first-order valence-electron chi connectivity index (χ1n) is 5.25. The fraction of sp³-hybridized carbons (Fsp3) is 0.333. The van der Waals surface area contributed by atoms with Gasteiger partial charge in [0, 0.05) is 21.6 Å². The standard InChI is InChI=1S/C12H15ClN2/c1-2-11-9(5-6-14)10-7-8(13)3-4-12(10)15-11/h3-4,7,15H,2,5-6,14H2,1H3. The molecule has 0 bridgehead atoms. The molecule has 1 aromatic carbocycles. The van der Waals surface area contributed by atoms with Crippen LogP contribution in [0.15, 0.2) is 18.2 Å². The lowest BCUT2D eigenvalue weighted by molar-refractivity contribution is 0.936. The number of aryl methyl sites for hydroxylation is 1. The largest absolute Gasteiger partial charge is 0.358 e. The Labute approximate surface area is 94.4 Å². The van der Waals surface area contributed by atoms with Crippen molar-refractivity contribution in [1.82, 2.24) is 4.98 Å². The molecule has 15 heavy (non-hydrogen) atoms. The molecule has 0 aliphatic heterocycles. The molecule has 0 saturated heterocycles. The van der Waals surface area contributed by atoms with E-state index >= 15 is 0 Å². The van der Waals surface area contributed by atoms with Gasteiger partial charge >= 0.3 is 0 Å². The fourth-order valence-electron chi connectivity index (χ4n) is 2.01. The summed E-state index contributed by atoms with van der Waals surface area (Å²) in [7, 11) is 0. The van der Waals surface area contributed by atoms with Gasteiger partial charge in [-0.25, -0.2) is 0 Å². The molecule has 0 atom stereocenters. The van der Waals surface area contributed by atoms with Gasteiger partial charge in [0.1, 0.15) is 0 Å². The highest BCUT2D eigenvalue weighted by molar-refractivity contribution is 6.31. The maximum absolute atomic E-state index is 6.00. The number of rotatable bonds is 3. The number of hydrogen-bond donors (Lipinski definition) is 2. The molecule has 2 nitrogen and oxygen atoms in total. The molecule has 1 heterocycles. The Morgan fingerprint density at radius 1 is 1.40 bits per heavy atom. The third kappa shape index (κ3) is 1.87. The molecule has 3 N–H and O–H groups in total. The number of H-pyrrole nitrogens is 1. The van der Waals surface area contributed by atoms with Crippen molar-refractivity contribution < 1.29 is 0 Å². The minimum Gasteiger partial charge on any atom is -0.358 e. The number of hydrogen-bond acceptors (Lipinski definition) is 1. The quantitative estimate of drug-likeness (QED) is 0.824. The Bertz CT molecular complexity index is 474. The van der Waals surface area contributed by atoms with Gasteiger partial charge in [0.2, 0.25) is 0 Å². The van der Waals surface area contributed by atoms with E-state index in [4.69, 9.17) is 17.3 Å². The SMILES string of the molecule is CCc1[nH]c2ccc(Cl)cc2c1CCN. The maximum Gasteiger partial charge on any atom is 0.0460 e. The van der Waals surface area contributed by atoms with Crippen molar-refractivity contribution in [2.45, 2.75) is 19.8 Å². The van der Waals surface area contributed by atoms with Gasteiger partial charge < -0.3 is 10.7 Å². The summed E-state index contributed by atoms with van der Waals surface area (Å²) < 4.78 is 0. The highest BCUT2D eigenvalue weighted by Crippen LogP contribution is 2.26. The van der Waals surface area contributed by atoms with Crippen LogP contribution in [0.3, 0.4) is 0 Å². The van der Waals surface area contributed by atoms with Gasteiger partial charge in [-0.15, -0.1) is 0 Å². The summed E-state index contributed by atoms with van der Waals surface area (Å²) in [5, 5.41) is 1.99. The Morgan fingerprint density at radius 3 is 2.87 bits per heavy atom. The predicted octanol–water partition coefficient (Wildman–Crippen LogP) is 2.88. The summed E-state index contributed by atoms with van der Waals surface area (Å²) in [6.07, 6.45) is 1.91. The molecule has 80 valence electrons. The molecule has 3 heteroatoms. The number of halogens is 1. The van der Waals surface area contributed by atoms with Crippen LogP contribution in [0.2, 0.25) is 5.02 Å². The van der Waals surface area contributed by atoms with E-state index in [2.05, 4.69) is 11.9 Å². The number of aromatic nitrogens is 1. The van der Waals surface area contributed by atoms with Gasteiger partial charge in [-0.3, -0.25) is 0 Å². The summed E-state index contributed by atoms with van der Waals surface area (Å²) >= 11 is 6.00. The van der Waals surface area contributed by atoms with Crippen LogP contribution in [0.4, 0.5) is 0 Å². The molecule has 0 unspecified atom stereocenters. The van der Waals surface area contributed by atoms with Crippen LogP contribution >= 0.6 is 11.6 Å². The molecule has 0 aliphatic carbocycles. The van der Waals surface area contributed by atoms with E-state index in [-0.39, 0.29) is 0 Å². The van der Waals surface area contributed by atoms with Gasteiger partial charge in [0.15, 0.2) is 0 Å². The van der Waals surface area contributed by atoms with E-state index in [1.165, 1.54) is 16.6 Å². The molecule has 0 fully saturated rings. The van der Waals surface area contributed by atoms with E-state index < -0.39 is 0 Å². The van der Waals surface area contributed by atoms with Crippen molar-refractivity contribution in [3.63, 3.8) is 0 Å². The van der Waals surface area contributed by atoms with Crippen molar-refractivity contribution in [2.75, 3.05) is 6.54 Å². The minimum absolute atomic E-state index is 0.673. The average Bonchev–Trinajstić information content (AvgIpc) is 2.57. The number of aromatic amines is 1. The van der Waals surface area contributed by atoms with Crippen LogP contribution in [-0.4, -0.2) is 11.5 Å². The van der Waals surface area contributed by atoms with Crippen LogP contribution in [0.5, 0.6) is 0 Å². The minimum atomic E-state index is 0.673. The topological polar surface area (TPSA) is 41.8 Å². The summed E-state index contributed by atoms with van der Waals surface area (Å²) in [5.74, 6) is 0. The third-order valence-electron chi connectivity index (χ3n) is 2.70. The zero-order valence-electron chi connectivity index (χ0n) is 8.81. The van der Waals surface area contributed by atoms with Crippen LogP contribution in [0.1, 0.15) is 18.2 Å². The Hall–Kier alpha value is -0.990. The summed E-state index contributed by atoms with van der Waals surface area (Å²) in [5.41, 5.74) is 9.37. The molecular weight excluding hydrogens is 208 g/mol. The summed E-state index contributed by atoms with van der Waals surface area (Å²) in [4.78, 5) is 3.41. The van der Waals surface area contributed by atoms with Crippen LogP contribution in [0.25, 0.3) is 10.9 Å². The number of benzene rings is 1. The normalized spacial score (nSPS) is 11.1. The lowest BCUT2D eigenvalue weighted by Gasteiger charge is -2.00. The van der Waals surface area contributed by atoms with E-state index in [0.29, 0.717) is 6.54 Å². The van der Waals surface area contributed by atoms with E-state index in [0.717, 1.165) is 23.4 Å². The first-order valence-corrected chi connectivity index (χ1v) is 5.63. The molecule has 1 aromatic heterocycles. The molecule has 2 aromatic rings. The molecule has 2 rings (SSSR count). The van der Waals surface area contributed by atoms with Crippen molar-refractivity contribution in [1.29, 1.82) is 0 Å². The van der Waals surface area contributed by atoms with E-state index in [1.54, 1.807) is 0 Å². The van der Waals surface area contributed by atoms with Crippen molar-refractivity contribution in [2.24, 2.45) is 5.73 Å². The highest BCUT2D eigenvalue weighted by atomic mass is 35.5. The van der Waals surface area contributed by atoms with Crippen molar-refractivity contribution >= 4 is 22.5 Å².